The lowest BCUT2D eigenvalue weighted by atomic mass is 9.44. The Labute approximate surface area is 168 Å². The van der Waals surface area contributed by atoms with Crippen LogP contribution in [-0.4, -0.2) is 40.3 Å². The molecular formula is C23H36O5. The number of esters is 1. The predicted molar refractivity (Wildman–Crippen MR) is 104 cm³/mol. The van der Waals surface area contributed by atoms with E-state index in [1.54, 1.807) is 0 Å². The summed E-state index contributed by atoms with van der Waals surface area (Å²) in [5.74, 6) is 1.32. The second-order valence-corrected chi connectivity index (χ2v) is 10.6. The number of aliphatic hydroxyl groups is 2. The molecule has 0 unspecified atom stereocenters. The van der Waals surface area contributed by atoms with Gasteiger partial charge < -0.3 is 14.9 Å². The van der Waals surface area contributed by atoms with E-state index in [0.29, 0.717) is 30.1 Å². The van der Waals surface area contributed by atoms with Gasteiger partial charge in [-0.1, -0.05) is 13.8 Å². The van der Waals surface area contributed by atoms with Crippen LogP contribution in [0.5, 0.6) is 0 Å². The fourth-order valence-corrected chi connectivity index (χ4v) is 8.00. The maximum Gasteiger partial charge on any atom is 0.303 e. The second kappa shape index (κ2) is 6.80. The minimum absolute atomic E-state index is 0.140. The van der Waals surface area contributed by atoms with E-state index in [-0.39, 0.29) is 23.9 Å². The van der Waals surface area contributed by atoms with Crippen molar-refractivity contribution in [3.05, 3.63) is 0 Å². The molecule has 0 aromatic heterocycles. The normalized spacial score (nSPS) is 50.2. The Balaban J connectivity index is 1.57. The van der Waals surface area contributed by atoms with Crippen molar-refractivity contribution in [3.63, 3.8) is 0 Å². The standard InChI is InChI=1S/C23H36O5/c1-14(24)28-13-20(26)23(27)11-8-19-17-5-4-15-12-16(25)6-9-21(15,2)18(17)7-10-22(19,23)3/h15-19,25,27H,4-13H2,1-3H3/t15-,16+,17-,18+,19+,21+,22+,23+/m1/s1. The van der Waals surface area contributed by atoms with Crippen molar-refractivity contribution in [3.8, 4) is 0 Å². The minimum atomic E-state index is -1.38. The first kappa shape index (κ1) is 20.3. The van der Waals surface area contributed by atoms with Gasteiger partial charge in [0.15, 0.2) is 6.61 Å². The summed E-state index contributed by atoms with van der Waals surface area (Å²) in [6.45, 7) is 5.52. The minimum Gasteiger partial charge on any atom is -0.458 e. The van der Waals surface area contributed by atoms with Crippen LogP contribution < -0.4 is 0 Å². The van der Waals surface area contributed by atoms with Gasteiger partial charge in [-0.2, -0.15) is 0 Å². The molecule has 0 aromatic carbocycles. The third-order valence-corrected chi connectivity index (χ3v) is 9.66. The van der Waals surface area contributed by atoms with Crippen LogP contribution >= 0.6 is 0 Å². The molecule has 0 aliphatic heterocycles. The molecule has 0 heterocycles. The zero-order chi connectivity index (χ0) is 20.3. The molecule has 0 amide bonds. The number of ether oxygens (including phenoxy) is 1. The first-order chi connectivity index (χ1) is 13.1. The Morgan fingerprint density at radius 3 is 2.43 bits per heavy atom. The molecule has 4 fully saturated rings. The third-order valence-electron chi connectivity index (χ3n) is 9.66. The van der Waals surface area contributed by atoms with Crippen LogP contribution in [0.4, 0.5) is 0 Å². The van der Waals surface area contributed by atoms with Crippen LogP contribution in [0.25, 0.3) is 0 Å². The fraction of sp³-hybridized carbons (Fsp3) is 0.913. The first-order valence-corrected chi connectivity index (χ1v) is 11.2. The highest BCUT2D eigenvalue weighted by Crippen LogP contribution is 2.68. The van der Waals surface area contributed by atoms with Crippen molar-refractivity contribution in [2.24, 2.45) is 34.5 Å². The van der Waals surface area contributed by atoms with Gasteiger partial charge in [-0.25, -0.2) is 0 Å². The largest absolute Gasteiger partial charge is 0.458 e. The predicted octanol–water partition coefficient (Wildman–Crippen LogP) is 3.25. The van der Waals surface area contributed by atoms with Gasteiger partial charge in [0.25, 0.3) is 0 Å². The van der Waals surface area contributed by atoms with Gasteiger partial charge in [-0.3, -0.25) is 9.59 Å². The summed E-state index contributed by atoms with van der Waals surface area (Å²) in [5, 5.41) is 21.6. The molecule has 0 aromatic rings. The number of hydrogen-bond donors (Lipinski definition) is 2. The van der Waals surface area contributed by atoms with E-state index >= 15 is 0 Å². The SMILES string of the molecule is CC(=O)OCC(=O)[C@@]1(O)CC[C@H]2[C@@H]3CC[C@@H]4C[C@@H](O)CC[C@]4(C)[C@H]3CC[C@@]21C. The zero-order valence-electron chi connectivity index (χ0n) is 17.6. The van der Waals surface area contributed by atoms with Crippen LogP contribution in [0.3, 0.4) is 0 Å². The van der Waals surface area contributed by atoms with Crippen molar-refractivity contribution in [2.75, 3.05) is 6.61 Å². The van der Waals surface area contributed by atoms with Gasteiger partial charge in [0.1, 0.15) is 5.60 Å². The molecule has 5 heteroatoms. The van der Waals surface area contributed by atoms with Crippen LogP contribution in [0, 0.1) is 34.5 Å². The second-order valence-electron chi connectivity index (χ2n) is 10.6. The molecule has 5 nitrogen and oxygen atoms in total. The average molecular weight is 393 g/mol. The summed E-state index contributed by atoms with van der Waals surface area (Å²) in [4.78, 5) is 24.0. The lowest BCUT2D eigenvalue weighted by Crippen LogP contribution is -2.59. The summed E-state index contributed by atoms with van der Waals surface area (Å²) in [6, 6.07) is 0. The summed E-state index contributed by atoms with van der Waals surface area (Å²) < 4.78 is 4.94. The van der Waals surface area contributed by atoms with E-state index in [0.717, 1.165) is 51.4 Å². The molecule has 4 aliphatic carbocycles. The van der Waals surface area contributed by atoms with Gasteiger partial charge in [0.2, 0.25) is 5.78 Å². The molecule has 4 rings (SSSR count). The van der Waals surface area contributed by atoms with Gasteiger partial charge in [0.05, 0.1) is 6.10 Å². The topological polar surface area (TPSA) is 83.8 Å². The molecule has 0 bridgehead atoms. The molecule has 28 heavy (non-hydrogen) atoms. The summed E-state index contributed by atoms with van der Waals surface area (Å²) in [6.07, 6.45) is 8.36. The van der Waals surface area contributed by atoms with Gasteiger partial charge in [-0.05, 0) is 86.9 Å². The lowest BCUT2D eigenvalue weighted by Gasteiger charge is -2.61. The smallest absolute Gasteiger partial charge is 0.303 e. The highest BCUT2D eigenvalue weighted by Gasteiger charge is 2.66. The maximum absolute atomic E-state index is 12.9. The first-order valence-electron chi connectivity index (χ1n) is 11.2. The van der Waals surface area contributed by atoms with Gasteiger partial charge in [-0.15, -0.1) is 0 Å². The van der Waals surface area contributed by atoms with E-state index in [2.05, 4.69) is 13.8 Å². The number of Topliss-reactive ketones (excluding diaryl/α,β-unsaturated/α-hetero) is 1. The number of carbonyl (C=O) groups is 2. The van der Waals surface area contributed by atoms with Crippen molar-refractivity contribution in [2.45, 2.75) is 90.3 Å². The molecular weight excluding hydrogens is 356 g/mol. The van der Waals surface area contributed by atoms with Crippen molar-refractivity contribution in [1.82, 2.24) is 0 Å². The molecule has 4 aliphatic rings. The fourth-order valence-electron chi connectivity index (χ4n) is 8.00. The van der Waals surface area contributed by atoms with Gasteiger partial charge >= 0.3 is 5.97 Å². The van der Waals surface area contributed by atoms with Crippen LogP contribution in [-0.2, 0) is 14.3 Å². The number of carbonyl (C=O) groups excluding carboxylic acids is 2. The molecule has 0 spiro atoms. The van der Waals surface area contributed by atoms with Gasteiger partial charge in [0, 0.05) is 12.3 Å². The monoisotopic (exact) mass is 392 g/mol. The zero-order valence-corrected chi connectivity index (χ0v) is 17.6. The Morgan fingerprint density at radius 1 is 1.00 bits per heavy atom. The number of hydrogen-bond acceptors (Lipinski definition) is 5. The average Bonchev–Trinajstić information content (AvgIpc) is 2.92. The molecule has 158 valence electrons. The number of fused-ring (bicyclic) bond motifs is 5. The lowest BCUT2D eigenvalue weighted by molar-refractivity contribution is -0.176. The summed E-state index contributed by atoms with van der Waals surface area (Å²) in [7, 11) is 0. The van der Waals surface area contributed by atoms with Crippen LogP contribution in [0.15, 0.2) is 0 Å². The van der Waals surface area contributed by atoms with Crippen molar-refractivity contribution < 1.29 is 24.5 Å². The van der Waals surface area contributed by atoms with Crippen LogP contribution in [0.2, 0.25) is 0 Å². The Hall–Kier alpha value is -0.940. The number of aliphatic hydroxyl groups excluding tert-OH is 1. The van der Waals surface area contributed by atoms with E-state index in [1.165, 1.54) is 6.92 Å². The summed E-state index contributed by atoms with van der Waals surface area (Å²) >= 11 is 0. The molecule has 0 radical (unpaired) electrons. The maximum atomic E-state index is 12.9. The van der Waals surface area contributed by atoms with E-state index in [1.807, 2.05) is 0 Å². The van der Waals surface area contributed by atoms with E-state index < -0.39 is 17.0 Å². The Kier molecular flexibility index (Phi) is 4.94. The quantitative estimate of drug-likeness (QED) is 0.720. The number of ketones is 1. The molecule has 8 atom stereocenters. The highest BCUT2D eigenvalue weighted by molar-refractivity contribution is 5.90. The Morgan fingerprint density at radius 2 is 1.71 bits per heavy atom. The third kappa shape index (κ3) is 2.79. The highest BCUT2D eigenvalue weighted by atomic mass is 16.5. The number of rotatable bonds is 3. The van der Waals surface area contributed by atoms with Crippen LogP contribution in [0.1, 0.15) is 78.6 Å². The molecule has 4 saturated carbocycles. The van der Waals surface area contributed by atoms with E-state index in [4.69, 9.17) is 4.74 Å². The van der Waals surface area contributed by atoms with Crippen molar-refractivity contribution >= 4 is 11.8 Å². The molecule has 2 N–H and O–H groups in total. The Bertz CT molecular complexity index is 661. The van der Waals surface area contributed by atoms with E-state index in [9.17, 15) is 19.8 Å². The summed E-state index contributed by atoms with van der Waals surface area (Å²) in [5.41, 5.74) is -1.52. The van der Waals surface area contributed by atoms with Crippen molar-refractivity contribution in [1.29, 1.82) is 0 Å². The molecule has 0 saturated heterocycles.